The standard InChI is InChI=1S/C20H23N3O4/c1-3-22(4-2)11-12-23-17(14-8-5-6-10-21-14)16(19(25)20(23)26)18(24)15-9-7-13-27-15/h5-10,13,17,25H,3-4,11-12H2,1-2H3/t17-/m1/s1. The number of pyridine rings is 1. The molecule has 7 heteroatoms. The average Bonchev–Trinajstić information content (AvgIpc) is 3.31. The highest BCUT2D eigenvalue weighted by Crippen LogP contribution is 2.37. The van der Waals surface area contributed by atoms with E-state index in [-0.39, 0.29) is 11.3 Å². The zero-order valence-electron chi connectivity index (χ0n) is 15.5. The maximum atomic E-state index is 12.9. The van der Waals surface area contributed by atoms with Crippen molar-refractivity contribution >= 4 is 11.7 Å². The van der Waals surface area contributed by atoms with E-state index in [0.717, 1.165) is 13.1 Å². The van der Waals surface area contributed by atoms with Crippen molar-refractivity contribution in [2.45, 2.75) is 19.9 Å². The summed E-state index contributed by atoms with van der Waals surface area (Å²) < 4.78 is 5.19. The largest absolute Gasteiger partial charge is 0.503 e. The van der Waals surface area contributed by atoms with Crippen LogP contribution in [0.5, 0.6) is 0 Å². The summed E-state index contributed by atoms with van der Waals surface area (Å²) in [6.07, 6.45) is 2.99. The number of ketones is 1. The van der Waals surface area contributed by atoms with Crippen LogP contribution in [0.2, 0.25) is 0 Å². The number of carbonyl (C=O) groups excluding carboxylic acids is 2. The van der Waals surface area contributed by atoms with Gasteiger partial charge in [-0.2, -0.15) is 0 Å². The van der Waals surface area contributed by atoms with Crippen LogP contribution in [0.4, 0.5) is 0 Å². The summed E-state index contributed by atoms with van der Waals surface area (Å²) in [6, 6.07) is 7.66. The molecule has 0 bridgehead atoms. The fourth-order valence-electron chi connectivity index (χ4n) is 3.29. The minimum Gasteiger partial charge on any atom is -0.503 e. The monoisotopic (exact) mass is 369 g/mol. The molecule has 2 aromatic rings. The Kier molecular flexibility index (Phi) is 5.71. The van der Waals surface area contributed by atoms with E-state index in [1.807, 2.05) is 13.8 Å². The van der Waals surface area contributed by atoms with Crippen molar-refractivity contribution in [1.29, 1.82) is 0 Å². The topological polar surface area (TPSA) is 86.9 Å². The molecule has 27 heavy (non-hydrogen) atoms. The molecule has 1 aliphatic rings. The van der Waals surface area contributed by atoms with Gasteiger partial charge in [0.05, 0.1) is 17.5 Å². The van der Waals surface area contributed by atoms with Crippen LogP contribution < -0.4 is 0 Å². The first kappa shape index (κ1) is 18.8. The van der Waals surface area contributed by atoms with E-state index >= 15 is 0 Å². The van der Waals surface area contributed by atoms with Crippen molar-refractivity contribution in [1.82, 2.24) is 14.8 Å². The summed E-state index contributed by atoms with van der Waals surface area (Å²) in [5.74, 6) is -1.53. The molecule has 0 unspecified atom stereocenters. The van der Waals surface area contributed by atoms with Gasteiger partial charge in [-0.1, -0.05) is 19.9 Å². The summed E-state index contributed by atoms with van der Waals surface area (Å²) in [4.78, 5) is 33.7. The van der Waals surface area contributed by atoms with Crippen molar-refractivity contribution in [3.05, 3.63) is 65.6 Å². The Hall–Kier alpha value is -2.93. The van der Waals surface area contributed by atoms with Crippen LogP contribution in [-0.4, -0.2) is 57.8 Å². The third kappa shape index (κ3) is 3.64. The third-order valence-corrected chi connectivity index (χ3v) is 4.81. The van der Waals surface area contributed by atoms with E-state index in [2.05, 4.69) is 9.88 Å². The lowest BCUT2D eigenvalue weighted by molar-refractivity contribution is -0.129. The quantitative estimate of drug-likeness (QED) is 0.720. The number of carbonyl (C=O) groups is 2. The number of aromatic nitrogens is 1. The van der Waals surface area contributed by atoms with Gasteiger partial charge >= 0.3 is 0 Å². The minimum atomic E-state index is -0.744. The molecule has 0 spiro atoms. The van der Waals surface area contributed by atoms with Crippen LogP contribution in [0.3, 0.4) is 0 Å². The molecular weight excluding hydrogens is 346 g/mol. The van der Waals surface area contributed by atoms with Gasteiger partial charge < -0.3 is 19.3 Å². The Labute approximate surface area is 157 Å². The van der Waals surface area contributed by atoms with Crippen molar-refractivity contribution in [3.8, 4) is 0 Å². The van der Waals surface area contributed by atoms with Crippen LogP contribution in [0.15, 0.2) is 58.5 Å². The molecule has 0 saturated carbocycles. The highest BCUT2D eigenvalue weighted by atomic mass is 16.3. The van der Waals surface area contributed by atoms with Crippen LogP contribution in [0.1, 0.15) is 36.1 Å². The van der Waals surface area contributed by atoms with Crippen LogP contribution >= 0.6 is 0 Å². The number of Topliss-reactive ketones (excluding diaryl/α,β-unsaturated/α-hetero) is 1. The van der Waals surface area contributed by atoms with Crippen LogP contribution in [0.25, 0.3) is 0 Å². The summed E-state index contributed by atoms with van der Waals surface area (Å²) >= 11 is 0. The zero-order chi connectivity index (χ0) is 19.4. The highest BCUT2D eigenvalue weighted by Gasteiger charge is 2.44. The average molecular weight is 369 g/mol. The molecule has 142 valence electrons. The smallest absolute Gasteiger partial charge is 0.290 e. The Morgan fingerprint density at radius 2 is 2.04 bits per heavy atom. The molecule has 2 aromatic heterocycles. The first-order chi connectivity index (χ1) is 13.1. The number of likely N-dealkylation sites (N-methyl/N-ethyl adjacent to an activating group) is 1. The molecule has 1 amide bonds. The fraction of sp³-hybridized carbons (Fsp3) is 0.350. The van der Waals surface area contributed by atoms with Gasteiger partial charge in [-0.25, -0.2) is 0 Å². The second-order valence-corrected chi connectivity index (χ2v) is 6.25. The molecule has 3 heterocycles. The number of rotatable bonds is 8. The van der Waals surface area contributed by atoms with Gasteiger partial charge in [0.1, 0.15) is 6.04 Å². The lowest BCUT2D eigenvalue weighted by atomic mass is 9.98. The summed E-state index contributed by atoms with van der Waals surface area (Å²) in [5.41, 5.74) is 0.539. The van der Waals surface area contributed by atoms with Gasteiger partial charge in [0.25, 0.3) is 5.91 Å². The maximum absolute atomic E-state index is 12.9. The highest BCUT2D eigenvalue weighted by molar-refractivity contribution is 6.14. The van der Waals surface area contributed by atoms with Gasteiger partial charge in [-0.15, -0.1) is 0 Å². The van der Waals surface area contributed by atoms with Crippen molar-refractivity contribution in [2.75, 3.05) is 26.2 Å². The van der Waals surface area contributed by atoms with Gasteiger partial charge in [0.15, 0.2) is 11.5 Å². The Morgan fingerprint density at radius 1 is 1.26 bits per heavy atom. The van der Waals surface area contributed by atoms with Gasteiger partial charge in [-0.05, 0) is 37.4 Å². The third-order valence-electron chi connectivity index (χ3n) is 4.81. The Bertz CT molecular complexity index is 826. The summed E-state index contributed by atoms with van der Waals surface area (Å²) in [5, 5.41) is 10.5. The molecular formula is C20H23N3O4. The van der Waals surface area contributed by atoms with E-state index in [1.165, 1.54) is 17.2 Å². The van der Waals surface area contributed by atoms with Crippen molar-refractivity contribution in [2.24, 2.45) is 0 Å². The van der Waals surface area contributed by atoms with Crippen molar-refractivity contribution in [3.63, 3.8) is 0 Å². The number of hydrogen-bond donors (Lipinski definition) is 1. The molecule has 0 fully saturated rings. The van der Waals surface area contributed by atoms with E-state index in [1.54, 1.807) is 30.5 Å². The Balaban J connectivity index is 1.98. The van der Waals surface area contributed by atoms with Gasteiger partial charge in [-0.3, -0.25) is 14.6 Å². The number of hydrogen-bond acceptors (Lipinski definition) is 6. The van der Waals surface area contributed by atoms with Crippen LogP contribution in [-0.2, 0) is 4.79 Å². The normalized spacial score (nSPS) is 17.2. The SMILES string of the molecule is CCN(CC)CCN1C(=O)C(O)=C(C(=O)c2ccco2)[C@H]1c1ccccn1. The molecule has 3 rings (SSSR count). The number of amides is 1. The summed E-state index contributed by atoms with van der Waals surface area (Å²) in [7, 11) is 0. The molecule has 0 aliphatic carbocycles. The van der Waals surface area contributed by atoms with E-state index in [9.17, 15) is 14.7 Å². The summed E-state index contributed by atoms with van der Waals surface area (Å²) in [6.45, 7) is 6.81. The molecule has 0 aromatic carbocycles. The first-order valence-electron chi connectivity index (χ1n) is 9.04. The lowest BCUT2D eigenvalue weighted by Crippen LogP contribution is -2.38. The maximum Gasteiger partial charge on any atom is 0.290 e. The molecule has 1 atom stereocenters. The minimum absolute atomic E-state index is 0.00759. The van der Waals surface area contributed by atoms with E-state index in [0.29, 0.717) is 18.8 Å². The predicted molar refractivity (Wildman–Crippen MR) is 99.2 cm³/mol. The zero-order valence-corrected chi connectivity index (χ0v) is 15.5. The molecule has 7 nitrogen and oxygen atoms in total. The van der Waals surface area contributed by atoms with Crippen molar-refractivity contribution < 1.29 is 19.1 Å². The number of furan rings is 1. The van der Waals surface area contributed by atoms with E-state index in [4.69, 9.17) is 4.42 Å². The second kappa shape index (κ2) is 8.18. The fourth-order valence-corrected chi connectivity index (χ4v) is 3.29. The molecule has 1 N–H and O–H groups in total. The molecule has 1 aliphatic heterocycles. The van der Waals surface area contributed by atoms with Gasteiger partial charge in [0, 0.05) is 19.3 Å². The second-order valence-electron chi connectivity index (χ2n) is 6.25. The van der Waals surface area contributed by atoms with Crippen LogP contribution in [0, 0.1) is 0 Å². The molecule has 0 saturated heterocycles. The molecule has 0 radical (unpaired) electrons. The van der Waals surface area contributed by atoms with Gasteiger partial charge in [0.2, 0.25) is 5.78 Å². The lowest BCUT2D eigenvalue weighted by Gasteiger charge is -2.28. The predicted octanol–water partition coefficient (Wildman–Crippen LogP) is 2.59. The number of aliphatic hydroxyl groups excluding tert-OH is 1. The number of nitrogens with zero attached hydrogens (tertiary/aromatic N) is 3. The Morgan fingerprint density at radius 3 is 2.63 bits per heavy atom. The number of aliphatic hydroxyl groups is 1. The first-order valence-corrected chi connectivity index (χ1v) is 9.04. The van der Waals surface area contributed by atoms with E-state index < -0.39 is 23.5 Å².